The fourth-order valence-corrected chi connectivity index (χ4v) is 2.01. The Bertz CT molecular complexity index is 133. The molecule has 1 heteroatoms. The molecule has 0 N–H and O–H groups in total. The molecule has 1 nitrogen and oxygen atoms in total. The van der Waals surface area contributed by atoms with E-state index >= 15 is 0 Å². The Hall–Kier alpha value is -0.0400. The zero-order valence-electron chi connectivity index (χ0n) is 6.18. The maximum atomic E-state index is 5.50. The molecule has 3 unspecified atom stereocenters. The lowest BCUT2D eigenvalue weighted by Gasteiger charge is -2.23. The van der Waals surface area contributed by atoms with Crippen LogP contribution in [0.4, 0.5) is 0 Å². The van der Waals surface area contributed by atoms with Crippen molar-refractivity contribution in [2.75, 3.05) is 6.61 Å². The molecule has 1 saturated heterocycles. The summed E-state index contributed by atoms with van der Waals surface area (Å²) in [6.45, 7) is 5.59. The monoisotopic (exact) mass is 126 g/mol. The first kappa shape index (κ1) is 5.72. The van der Waals surface area contributed by atoms with Gasteiger partial charge >= 0.3 is 0 Å². The van der Waals surface area contributed by atoms with Crippen LogP contribution in [0, 0.1) is 11.3 Å². The van der Waals surface area contributed by atoms with Gasteiger partial charge in [0.25, 0.3) is 0 Å². The summed E-state index contributed by atoms with van der Waals surface area (Å²) in [6, 6.07) is 0. The molecule has 1 heterocycles. The van der Waals surface area contributed by atoms with Gasteiger partial charge in [-0.05, 0) is 31.1 Å². The van der Waals surface area contributed by atoms with Gasteiger partial charge in [-0.3, -0.25) is 0 Å². The zero-order valence-corrected chi connectivity index (χ0v) is 6.18. The standard InChI is InChI=1S/C8H14O/c1-6-3-8(2)4-7(8)5-9-6/h6-7H,3-5H2,1-2H3. The van der Waals surface area contributed by atoms with Crippen LogP contribution in [0.1, 0.15) is 26.7 Å². The predicted molar refractivity (Wildman–Crippen MR) is 36.2 cm³/mol. The second kappa shape index (κ2) is 1.51. The first-order chi connectivity index (χ1) is 4.21. The van der Waals surface area contributed by atoms with Crippen LogP contribution in [-0.2, 0) is 4.74 Å². The van der Waals surface area contributed by atoms with E-state index in [2.05, 4.69) is 13.8 Å². The van der Waals surface area contributed by atoms with Crippen LogP contribution in [0.2, 0.25) is 0 Å². The maximum Gasteiger partial charge on any atom is 0.0552 e. The van der Waals surface area contributed by atoms with Gasteiger partial charge in [-0.1, -0.05) is 6.92 Å². The van der Waals surface area contributed by atoms with Crippen LogP contribution in [0.5, 0.6) is 0 Å². The van der Waals surface area contributed by atoms with E-state index in [1.165, 1.54) is 12.8 Å². The topological polar surface area (TPSA) is 9.23 Å². The van der Waals surface area contributed by atoms with Gasteiger partial charge in [-0.2, -0.15) is 0 Å². The van der Waals surface area contributed by atoms with E-state index < -0.39 is 0 Å². The molecule has 0 spiro atoms. The molecule has 2 fully saturated rings. The molecule has 0 aromatic rings. The Morgan fingerprint density at radius 2 is 2.22 bits per heavy atom. The average Bonchev–Trinajstić information content (AvgIpc) is 2.38. The average molecular weight is 126 g/mol. The van der Waals surface area contributed by atoms with E-state index in [0.29, 0.717) is 11.5 Å². The van der Waals surface area contributed by atoms with Crippen LogP contribution in [0.25, 0.3) is 0 Å². The van der Waals surface area contributed by atoms with Crippen molar-refractivity contribution in [3.63, 3.8) is 0 Å². The van der Waals surface area contributed by atoms with Gasteiger partial charge in [-0.25, -0.2) is 0 Å². The summed E-state index contributed by atoms with van der Waals surface area (Å²) in [5.41, 5.74) is 0.692. The van der Waals surface area contributed by atoms with E-state index in [0.717, 1.165) is 12.5 Å². The molecule has 2 aliphatic rings. The van der Waals surface area contributed by atoms with Gasteiger partial charge in [0.05, 0.1) is 12.7 Å². The molecular weight excluding hydrogens is 112 g/mol. The molecular formula is C8H14O. The summed E-state index contributed by atoms with van der Waals surface area (Å²) in [5.74, 6) is 0.911. The molecule has 0 amide bonds. The van der Waals surface area contributed by atoms with Gasteiger partial charge in [-0.15, -0.1) is 0 Å². The highest BCUT2D eigenvalue weighted by molar-refractivity contribution is 5.01. The quantitative estimate of drug-likeness (QED) is 0.481. The van der Waals surface area contributed by atoms with Crippen molar-refractivity contribution in [2.24, 2.45) is 11.3 Å². The summed E-state index contributed by atoms with van der Waals surface area (Å²) in [7, 11) is 0. The van der Waals surface area contributed by atoms with Gasteiger partial charge in [0.15, 0.2) is 0 Å². The summed E-state index contributed by atoms with van der Waals surface area (Å²) < 4.78 is 5.50. The van der Waals surface area contributed by atoms with Crippen molar-refractivity contribution in [3.8, 4) is 0 Å². The summed E-state index contributed by atoms with van der Waals surface area (Å²) >= 11 is 0. The molecule has 52 valence electrons. The van der Waals surface area contributed by atoms with Crippen LogP contribution in [-0.4, -0.2) is 12.7 Å². The molecule has 3 atom stereocenters. The minimum absolute atomic E-state index is 0.522. The molecule has 1 aliphatic carbocycles. The van der Waals surface area contributed by atoms with Crippen molar-refractivity contribution < 1.29 is 4.74 Å². The molecule has 9 heavy (non-hydrogen) atoms. The van der Waals surface area contributed by atoms with Crippen molar-refractivity contribution in [1.82, 2.24) is 0 Å². The summed E-state index contributed by atoms with van der Waals surface area (Å²) in [4.78, 5) is 0. The van der Waals surface area contributed by atoms with E-state index in [9.17, 15) is 0 Å². The highest BCUT2D eigenvalue weighted by Gasteiger charge is 2.53. The van der Waals surface area contributed by atoms with Crippen molar-refractivity contribution in [3.05, 3.63) is 0 Å². The SMILES string of the molecule is CC1CC2(C)CC2CO1. The lowest BCUT2D eigenvalue weighted by molar-refractivity contribution is 0.00280. The van der Waals surface area contributed by atoms with Crippen molar-refractivity contribution in [2.45, 2.75) is 32.8 Å². The third-order valence-corrected chi connectivity index (χ3v) is 2.87. The Balaban J connectivity index is 2.03. The highest BCUT2D eigenvalue weighted by atomic mass is 16.5. The second-order valence-corrected chi connectivity index (χ2v) is 3.90. The van der Waals surface area contributed by atoms with Crippen LogP contribution >= 0.6 is 0 Å². The van der Waals surface area contributed by atoms with Crippen LogP contribution in [0.15, 0.2) is 0 Å². The van der Waals surface area contributed by atoms with Crippen LogP contribution < -0.4 is 0 Å². The van der Waals surface area contributed by atoms with Gasteiger partial charge < -0.3 is 4.74 Å². The number of hydrogen-bond donors (Lipinski definition) is 0. The highest BCUT2D eigenvalue weighted by Crippen LogP contribution is 2.58. The molecule has 0 radical (unpaired) electrons. The Morgan fingerprint density at radius 1 is 1.44 bits per heavy atom. The number of rotatable bonds is 0. The zero-order chi connectivity index (χ0) is 6.48. The maximum absolute atomic E-state index is 5.50. The minimum atomic E-state index is 0.522. The lowest BCUT2D eigenvalue weighted by atomic mass is 9.97. The number of fused-ring (bicyclic) bond motifs is 1. The molecule has 1 saturated carbocycles. The van der Waals surface area contributed by atoms with Crippen molar-refractivity contribution in [1.29, 1.82) is 0 Å². The Morgan fingerprint density at radius 3 is 2.78 bits per heavy atom. The normalized spacial score (nSPS) is 56.7. The fraction of sp³-hybridized carbons (Fsp3) is 1.00. The fourth-order valence-electron chi connectivity index (χ4n) is 2.01. The van der Waals surface area contributed by atoms with Crippen LogP contribution in [0.3, 0.4) is 0 Å². The Kier molecular flexibility index (Phi) is 0.963. The third kappa shape index (κ3) is 0.787. The summed E-state index contributed by atoms with van der Waals surface area (Å²) in [6.07, 6.45) is 3.23. The number of ether oxygens (including phenoxy) is 1. The predicted octanol–water partition coefficient (Wildman–Crippen LogP) is 1.82. The molecule has 0 aromatic carbocycles. The lowest BCUT2D eigenvalue weighted by Crippen LogP contribution is -2.22. The van der Waals surface area contributed by atoms with Gasteiger partial charge in [0.1, 0.15) is 0 Å². The first-order valence-electron chi connectivity index (χ1n) is 3.82. The molecule has 1 aliphatic heterocycles. The van der Waals surface area contributed by atoms with Gasteiger partial charge in [0.2, 0.25) is 0 Å². The minimum Gasteiger partial charge on any atom is -0.378 e. The Labute approximate surface area is 56.4 Å². The van der Waals surface area contributed by atoms with Gasteiger partial charge in [0, 0.05) is 0 Å². The largest absolute Gasteiger partial charge is 0.378 e. The molecule has 0 bridgehead atoms. The first-order valence-corrected chi connectivity index (χ1v) is 3.82. The third-order valence-electron chi connectivity index (χ3n) is 2.87. The molecule has 0 aromatic heterocycles. The molecule has 2 rings (SSSR count). The smallest absolute Gasteiger partial charge is 0.0552 e. The van der Waals surface area contributed by atoms with E-state index in [-0.39, 0.29) is 0 Å². The summed E-state index contributed by atoms with van der Waals surface area (Å²) in [5, 5.41) is 0. The van der Waals surface area contributed by atoms with E-state index in [4.69, 9.17) is 4.74 Å². The van der Waals surface area contributed by atoms with Crippen molar-refractivity contribution >= 4 is 0 Å². The second-order valence-electron chi connectivity index (χ2n) is 3.90. The van der Waals surface area contributed by atoms with E-state index in [1.54, 1.807) is 0 Å². The van der Waals surface area contributed by atoms with E-state index in [1.807, 2.05) is 0 Å². The number of hydrogen-bond acceptors (Lipinski definition) is 1.